The minimum Gasteiger partial charge on any atom is -0.497 e. The molecule has 1 saturated carbocycles. The van der Waals surface area contributed by atoms with E-state index >= 15 is 0 Å². The Bertz CT molecular complexity index is 415. The zero-order valence-electron chi connectivity index (χ0n) is 11.8. The van der Waals surface area contributed by atoms with Gasteiger partial charge in [0.05, 0.1) is 20.3 Å². The summed E-state index contributed by atoms with van der Waals surface area (Å²) in [6.45, 7) is 2.56. The molecule has 1 aromatic carbocycles. The molecule has 1 aliphatic carbocycles. The molecule has 1 aromatic rings. The number of benzene rings is 1. The third kappa shape index (κ3) is 3.19. The fourth-order valence-electron chi connectivity index (χ4n) is 2.34. The van der Waals surface area contributed by atoms with Gasteiger partial charge in [-0.1, -0.05) is 0 Å². The Labute approximate surface area is 114 Å². The lowest BCUT2D eigenvalue weighted by atomic mass is 9.99. The Hall–Kier alpha value is -1.26. The van der Waals surface area contributed by atoms with E-state index in [4.69, 9.17) is 14.2 Å². The van der Waals surface area contributed by atoms with Crippen LogP contribution in [0.1, 0.15) is 31.4 Å². The lowest BCUT2D eigenvalue weighted by Gasteiger charge is -2.24. The van der Waals surface area contributed by atoms with Crippen LogP contribution in [-0.4, -0.2) is 32.0 Å². The molecule has 0 heterocycles. The van der Waals surface area contributed by atoms with Crippen molar-refractivity contribution in [1.82, 2.24) is 0 Å². The van der Waals surface area contributed by atoms with Crippen molar-refractivity contribution in [3.05, 3.63) is 23.8 Å². The number of hydrogen-bond acceptors (Lipinski definition) is 4. The van der Waals surface area contributed by atoms with Crippen molar-refractivity contribution in [3.63, 3.8) is 0 Å². The second-order valence-corrected chi connectivity index (χ2v) is 4.81. The summed E-state index contributed by atoms with van der Waals surface area (Å²) < 4.78 is 16.2. The van der Waals surface area contributed by atoms with Crippen molar-refractivity contribution in [3.8, 4) is 11.5 Å². The minimum absolute atomic E-state index is 0.146. The first-order valence-corrected chi connectivity index (χ1v) is 6.72. The third-order valence-corrected chi connectivity index (χ3v) is 3.52. The van der Waals surface area contributed by atoms with Gasteiger partial charge < -0.3 is 19.3 Å². The van der Waals surface area contributed by atoms with Crippen molar-refractivity contribution in [2.24, 2.45) is 5.92 Å². The topological polar surface area (TPSA) is 47.9 Å². The van der Waals surface area contributed by atoms with Crippen LogP contribution in [0.3, 0.4) is 0 Å². The standard InChI is InChI=1S/C15H22O4/c1-4-19-15(10-5-6-10)14(16)12-8-7-11(17-2)9-13(12)18-3/h7-10,14-16H,4-6H2,1-3H3. The number of aliphatic hydroxyl groups is 1. The smallest absolute Gasteiger partial charge is 0.128 e. The summed E-state index contributed by atoms with van der Waals surface area (Å²) >= 11 is 0. The zero-order chi connectivity index (χ0) is 13.8. The van der Waals surface area contributed by atoms with E-state index < -0.39 is 6.10 Å². The molecule has 0 aliphatic heterocycles. The molecule has 2 atom stereocenters. The molecule has 0 radical (unpaired) electrons. The first-order valence-electron chi connectivity index (χ1n) is 6.72. The largest absolute Gasteiger partial charge is 0.497 e. The SMILES string of the molecule is CCOC(C1CC1)C(O)c1ccc(OC)cc1OC. The normalized spacial score (nSPS) is 17.9. The molecule has 1 N–H and O–H groups in total. The summed E-state index contributed by atoms with van der Waals surface area (Å²) in [5, 5.41) is 10.6. The van der Waals surface area contributed by atoms with E-state index in [0.29, 0.717) is 24.0 Å². The minimum atomic E-state index is -0.659. The molecule has 19 heavy (non-hydrogen) atoms. The molecule has 0 bridgehead atoms. The second-order valence-electron chi connectivity index (χ2n) is 4.81. The molecule has 4 nitrogen and oxygen atoms in total. The van der Waals surface area contributed by atoms with E-state index in [1.54, 1.807) is 20.3 Å². The highest BCUT2D eigenvalue weighted by Gasteiger charge is 2.38. The van der Waals surface area contributed by atoms with E-state index in [1.807, 2.05) is 19.1 Å². The third-order valence-electron chi connectivity index (χ3n) is 3.52. The first-order chi connectivity index (χ1) is 9.21. The summed E-state index contributed by atoms with van der Waals surface area (Å²) in [7, 11) is 3.20. The number of hydrogen-bond donors (Lipinski definition) is 1. The van der Waals surface area contributed by atoms with Crippen molar-refractivity contribution in [2.45, 2.75) is 32.0 Å². The van der Waals surface area contributed by atoms with Gasteiger partial charge in [-0.05, 0) is 37.8 Å². The number of methoxy groups -OCH3 is 2. The van der Waals surface area contributed by atoms with Crippen LogP contribution >= 0.6 is 0 Å². The van der Waals surface area contributed by atoms with Crippen molar-refractivity contribution >= 4 is 0 Å². The maximum atomic E-state index is 10.6. The lowest BCUT2D eigenvalue weighted by Crippen LogP contribution is -2.25. The van der Waals surface area contributed by atoms with Crippen LogP contribution in [0.4, 0.5) is 0 Å². The van der Waals surface area contributed by atoms with Gasteiger partial charge in [0.25, 0.3) is 0 Å². The molecule has 0 aromatic heterocycles. The molecule has 2 rings (SSSR count). The fourth-order valence-corrected chi connectivity index (χ4v) is 2.34. The quantitative estimate of drug-likeness (QED) is 0.824. The van der Waals surface area contributed by atoms with Gasteiger partial charge in [0.1, 0.15) is 17.6 Å². The molecular formula is C15H22O4. The number of aliphatic hydroxyl groups excluding tert-OH is 1. The zero-order valence-corrected chi connectivity index (χ0v) is 11.8. The van der Waals surface area contributed by atoms with Crippen LogP contribution in [0.25, 0.3) is 0 Å². The molecule has 1 fully saturated rings. The van der Waals surface area contributed by atoms with Crippen LogP contribution in [0.15, 0.2) is 18.2 Å². The number of ether oxygens (including phenoxy) is 3. The van der Waals surface area contributed by atoms with Crippen molar-refractivity contribution in [2.75, 3.05) is 20.8 Å². The summed E-state index contributed by atoms with van der Waals surface area (Å²) in [5.41, 5.74) is 0.758. The van der Waals surface area contributed by atoms with Crippen LogP contribution in [-0.2, 0) is 4.74 Å². The molecule has 106 valence electrons. The Morgan fingerprint density at radius 1 is 1.26 bits per heavy atom. The molecule has 1 aliphatic rings. The van der Waals surface area contributed by atoms with Gasteiger partial charge >= 0.3 is 0 Å². The highest BCUT2D eigenvalue weighted by atomic mass is 16.5. The number of rotatable bonds is 7. The molecule has 0 amide bonds. The Morgan fingerprint density at radius 3 is 2.53 bits per heavy atom. The van der Waals surface area contributed by atoms with Crippen LogP contribution in [0.5, 0.6) is 11.5 Å². The van der Waals surface area contributed by atoms with E-state index in [-0.39, 0.29) is 6.10 Å². The first kappa shape index (κ1) is 14.2. The Balaban J connectivity index is 2.23. The van der Waals surface area contributed by atoms with E-state index in [0.717, 1.165) is 18.4 Å². The van der Waals surface area contributed by atoms with Gasteiger partial charge in [0.2, 0.25) is 0 Å². The Morgan fingerprint density at radius 2 is 2.00 bits per heavy atom. The summed E-state index contributed by atoms with van der Waals surface area (Å²) in [5.74, 6) is 1.81. The monoisotopic (exact) mass is 266 g/mol. The lowest BCUT2D eigenvalue weighted by molar-refractivity contribution is -0.0469. The molecule has 0 spiro atoms. The van der Waals surface area contributed by atoms with E-state index in [1.165, 1.54) is 0 Å². The van der Waals surface area contributed by atoms with Crippen molar-refractivity contribution < 1.29 is 19.3 Å². The summed E-state index contributed by atoms with van der Waals surface area (Å²) in [6.07, 6.45) is 1.45. The van der Waals surface area contributed by atoms with Gasteiger partial charge in [-0.2, -0.15) is 0 Å². The van der Waals surface area contributed by atoms with E-state index in [2.05, 4.69) is 0 Å². The van der Waals surface area contributed by atoms with Crippen LogP contribution in [0, 0.1) is 5.92 Å². The predicted molar refractivity (Wildman–Crippen MR) is 72.6 cm³/mol. The molecule has 2 unspecified atom stereocenters. The van der Waals surface area contributed by atoms with Gasteiger partial charge in [-0.3, -0.25) is 0 Å². The van der Waals surface area contributed by atoms with Gasteiger partial charge in [-0.25, -0.2) is 0 Å². The molecule has 0 saturated heterocycles. The highest BCUT2D eigenvalue weighted by molar-refractivity contribution is 5.42. The van der Waals surface area contributed by atoms with Crippen molar-refractivity contribution in [1.29, 1.82) is 0 Å². The predicted octanol–water partition coefficient (Wildman–Crippen LogP) is 2.55. The van der Waals surface area contributed by atoms with Gasteiger partial charge in [0, 0.05) is 18.2 Å². The van der Waals surface area contributed by atoms with Gasteiger partial charge in [0.15, 0.2) is 0 Å². The second kappa shape index (κ2) is 6.26. The average molecular weight is 266 g/mol. The average Bonchev–Trinajstić information content (AvgIpc) is 3.27. The van der Waals surface area contributed by atoms with Crippen LogP contribution in [0.2, 0.25) is 0 Å². The maximum absolute atomic E-state index is 10.6. The maximum Gasteiger partial charge on any atom is 0.128 e. The van der Waals surface area contributed by atoms with E-state index in [9.17, 15) is 5.11 Å². The Kier molecular flexibility index (Phi) is 4.66. The molecular weight excluding hydrogens is 244 g/mol. The summed E-state index contributed by atoms with van der Waals surface area (Å²) in [4.78, 5) is 0. The summed E-state index contributed by atoms with van der Waals surface area (Å²) in [6, 6.07) is 5.46. The molecule has 4 heteroatoms. The van der Waals surface area contributed by atoms with Crippen LogP contribution < -0.4 is 9.47 Å². The van der Waals surface area contributed by atoms with Gasteiger partial charge in [-0.15, -0.1) is 0 Å². The fraction of sp³-hybridized carbons (Fsp3) is 0.600. The highest BCUT2D eigenvalue weighted by Crippen LogP contribution is 2.42.